The van der Waals surface area contributed by atoms with E-state index in [0.29, 0.717) is 11.0 Å². The molecule has 0 aliphatic carbocycles. The number of hydrogen-bond donors (Lipinski definition) is 0. The Morgan fingerprint density at radius 3 is 2.65 bits per heavy atom. The van der Waals surface area contributed by atoms with E-state index in [-0.39, 0.29) is 0 Å². The van der Waals surface area contributed by atoms with E-state index in [0.717, 1.165) is 48.0 Å². The maximum atomic E-state index is 9.12. The van der Waals surface area contributed by atoms with Crippen molar-refractivity contribution < 1.29 is 0 Å². The summed E-state index contributed by atoms with van der Waals surface area (Å²) in [7, 11) is 2.22. The van der Waals surface area contributed by atoms with Crippen molar-refractivity contribution >= 4 is 5.69 Å². The molecular formula is C27H25N7. The number of anilines is 1. The molecule has 7 nitrogen and oxygen atoms in total. The Bertz CT molecular complexity index is 1450. The van der Waals surface area contributed by atoms with Crippen LogP contribution in [0.2, 0.25) is 0 Å². The molecule has 2 aromatic heterocycles. The summed E-state index contributed by atoms with van der Waals surface area (Å²) in [5.74, 6) is 0.851. The molecule has 0 atom stereocenters. The van der Waals surface area contributed by atoms with Crippen LogP contribution in [0.15, 0.2) is 61.1 Å². The molecule has 7 rings (SSSR count). The van der Waals surface area contributed by atoms with Crippen LogP contribution in [0.25, 0.3) is 28.3 Å². The molecule has 4 aromatic rings. The quantitative estimate of drug-likeness (QED) is 0.412. The molecule has 2 aromatic carbocycles. The van der Waals surface area contributed by atoms with Gasteiger partial charge in [0.1, 0.15) is 6.33 Å². The summed E-state index contributed by atoms with van der Waals surface area (Å²) in [6.45, 7) is 5.45. The molecule has 0 N–H and O–H groups in total. The minimum atomic E-state index is 0.476. The van der Waals surface area contributed by atoms with Gasteiger partial charge >= 0.3 is 0 Å². The molecule has 7 heteroatoms. The molecule has 0 unspecified atom stereocenters. The minimum absolute atomic E-state index is 0.476. The standard InChI is InChI=1S/C27H25N7/c1-31-15-27(16-31)8-9-32(17-27)23-6-7-24-22(10-23)14-33-13-21(20-4-2-19(12-28)3-5-20)11-25(33)26-29-18-30-34(24)26/h2-7,10-11,13,18H,8-9,14-17H2,1H3. The van der Waals surface area contributed by atoms with Crippen LogP contribution < -0.4 is 4.90 Å². The molecule has 34 heavy (non-hydrogen) atoms. The second-order valence-corrected chi connectivity index (χ2v) is 10.1. The van der Waals surface area contributed by atoms with Crippen LogP contribution in [0.4, 0.5) is 5.69 Å². The summed E-state index contributed by atoms with van der Waals surface area (Å²) in [5.41, 5.74) is 8.04. The zero-order valence-electron chi connectivity index (χ0n) is 19.1. The first-order chi connectivity index (χ1) is 16.6. The van der Waals surface area contributed by atoms with Gasteiger partial charge in [0.2, 0.25) is 0 Å². The lowest BCUT2D eigenvalue weighted by molar-refractivity contribution is 0.0424. The third-order valence-electron chi connectivity index (χ3n) is 7.67. The van der Waals surface area contributed by atoms with Gasteiger partial charge in [0.05, 0.1) is 23.0 Å². The van der Waals surface area contributed by atoms with Crippen LogP contribution in [0, 0.1) is 16.7 Å². The van der Waals surface area contributed by atoms with Crippen molar-refractivity contribution in [3.63, 3.8) is 0 Å². The molecule has 0 saturated carbocycles. The Hall–Kier alpha value is -3.89. The molecule has 3 aliphatic heterocycles. The predicted octanol–water partition coefficient (Wildman–Crippen LogP) is 3.78. The van der Waals surface area contributed by atoms with E-state index in [9.17, 15) is 0 Å². The van der Waals surface area contributed by atoms with E-state index in [4.69, 9.17) is 5.26 Å². The van der Waals surface area contributed by atoms with Crippen LogP contribution in [0.5, 0.6) is 0 Å². The number of nitriles is 1. The Morgan fingerprint density at radius 1 is 1.00 bits per heavy atom. The Labute approximate surface area is 198 Å². The van der Waals surface area contributed by atoms with Crippen LogP contribution in [0.1, 0.15) is 17.5 Å². The monoisotopic (exact) mass is 447 g/mol. The Balaban J connectivity index is 1.26. The number of nitrogens with zero attached hydrogens (tertiary/aromatic N) is 7. The number of fused-ring (bicyclic) bond motifs is 5. The predicted molar refractivity (Wildman–Crippen MR) is 131 cm³/mol. The highest BCUT2D eigenvalue weighted by Crippen LogP contribution is 2.41. The van der Waals surface area contributed by atoms with Crippen molar-refractivity contribution in [1.82, 2.24) is 24.2 Å². The normalized spacial score (nSPS) is 18.1. The van der Waals surface area contributed by atoms with E-state index in [1.54, 1.807) is 6.33 Å². The van der Waals surface area contributed by atoms with Gasteiger partial charge in [0, 0.05) is 55.6 Å². The summed E-state index contributed by atoms with van der Waals surface area (Å²) < 4.78 is 4.24. The van der Waals surface area contributed by atoms with Crippen molar-refractivity contribution in [2.24, 2.45) is 5.41 Å². The summed E-state index contributed by atoms with van der Waals surface area (Å²) >= 11 is 0. The minimum Gasteiger partial charge on any atom is -0.371 e. The third kappa shape index (κ3) is 2.92. The number of hydrogen-bond acceptors (Lipinski definition) is 5. The highest BCUT2D eigenvalue weighted by atomic mass is 15.4. The van der Waals surface area contributed by atoms with Gasteiger partial charge in [-0.1, -0.05) is 12.1 Å². The van der Waals surface area contributed by atoms with Gasteiger partial charge in [-0.3, -0.25) is 0 Å². The van der Waals surface area contributed by atoms with Gasteiger partial charge in [-0.25, -0.2) is 9.67 Å². The van der Waals surface area contributed by atoms with Crippen LogP contribution in [0.3, 0.4) is 0 Å². The second-order valence-electron chi connectivity index (χ2n) is 10.1. The third-order valence-corrected chi connectivity index (χ3v) is 7.67. The van der Waals surface area contributed by atoms with Gasteiger partial charge in [-0.2, -0.15) is 10.4 Å². The van der Waals surface area contributed by atoms with Crippen LogP contribution >= 0.6 is 0 Å². The van der Waals surface area contributed by atoms with Crippen LogP contribution in [-0.2, 0) is 6.54 Å². The largest absolute Gasteiger partial charge is 0.371 e. The maximum Gasteiger partial charge on any atom is 0.179 e. The molecule has 2 fully saturated rings. The first-order valence-corrected chi connectivity index (χ1v) is 11.8. The summed E-state index contributed by atoms with van der Waals surface area (Å²) in [6.07, 6.45) is 5.10. The van der Waals surface area contributed by atoms with E-state index in [1.807, 2.05) is 28.9 Å². The zero-order valence-corrected chi connectivity index (χ0v) is 19.1. The van der Waals surface area contributed by atoms with E-state index < -0.39 is 0 Å². The van der Waals surface area contributed by atoms with Crippen molar-refractivity contribution in [2.75, 3.05) is 38.1 Å². The molecule has 5 heterocycles. The van der Waals surface area contributed by atoms with Gasteiger partial charge in [-0.05, 0) is 61.0 Å². The average Bonchev–Trinajstić information content (AvgIpc) is 3.56. The maximum absolute atomic E-state index is 9.12. The molecule has 0 radical (unpaired) electrons. The fraction of sp³-hybridized carbons (Fsp3) is 0.296. The number of likely N-dealkylation sites (tertiary alicyclic amines) is 1. The number of benzene rings is 2. The summed E-state index contributed by atoms with van der Waals surface area (Å²) in [5, 5.41) is 13.7. The van der Waals surface area contributed by atoms with E-state index >= 15 is 0 Å². The molecule has 0 amide bonds. The molecule has 1 spiro atoms. The van der Waals surface area contributed by atoms with E-state index in [1.165, 1.54) is 30.8 Å². The lowest BCUT2D eigenvalue weighted by Gasteiger charge is -2.46. The fourth-order valence-electron chi connectivity index (χ4n) is 6.11. The van der Waals surface area contributed by atoms with Crippen molar-refractivity contribution in [3.8, 4) is 34.4 Å². The lowest BCUT2D eigenvalue weighted by Crippen LogP contribution is -2.55. The van der Waals surface area contributed by atoms with Gasteiger partial charge < -0.3 is 14.4 Å². The van der Waals surface area contributed by atoms with Gasteiger partial charge in [0.15, 0.2) is 5.82 Å². The summed E-state index contributed by atoms with van der Waals surface area (Å²) in [6, 6.07) is 18.9. The average molecular weight is 448 g/mol. The lowest BCUT2D eigenvalue weighted by atomic mass is 9.79. The second kappa shape index (κ2) is 7.05. The van der Waals surface area contributed by atoms with Gasteiger partial charge in [-0.15, -0.1) is 0 Å². The molecule has 168 valence electrons. The molecular weight excluding hydrogens is 422 g/mol. The SMILES string of the molecule is CN1CC2(CCN(c3ccc4c(c3)Cn3cc(-c5ccc(C#N)cc5)cc3-c3ncnn3-4)C2)C1. The van der Waals surface area contributed by atoms with Crippen molar-refractivity contribution in [1.29, 1.82) is 5.26 Å². The Morgan fingerprint density at radius 2 is 1.85 bits per heavy atom. The van der Waals surface area contributed by atoms with Crippen LogP contribution in [-0.4, -0.2) is 57.5 Å². The topological polar surface area (TPSA) is 65.9 Å². The fourth-order valence-corrected chi connectivity index (χ4v) is 6.11. The number of rotatable bonds is 2. The van der Waals surface area contributed by atoms with E-state index in [2.05, 4.69) is 68.0 Å². The first kappa shape index (κ1) is 19.6. The first-order valence-electron chi connectivity index (χ1n) is 11.8. The van der Waals surface area contributed by atoms with Crippen molar-refractivity contribution in [2.45, 2.75) is 13.0 Å². The summed E-state index contributed by atoms with van der Waals surface area (Å²) in [4.78, 5) is 9.59. The molecule has 2 saturated heterocycles. The van der Waals surface area contributed by atoms with Crippen molar-refractivity contribution in [3.05, 3.63) is 72.2 Å². The molecule has 0 bridgehead atoms. The Kier molecular flexibility index (Phi) is 4.06. The highest BCUT2D eigenvalue weighted by Gasteiger charge is 2.46. The van der Waals surface area contributed by atoms with Gasteiger partial charge in [0.25, 0.3) is 0 Å². The highest BCUT2D eigenvalue weighted by molar-refractivity contribution is 5.72. The zero-order chi connectivity index (χ0) is 22.9. The number of aromatic nitrogens is 4. The smallest absolute Gasteiger partial charge is 0.179 e. The molecule has 3 aliphatic rings.